The van der Waals surface area contributed by atoms with Crippen molar-refractivity contribution in [1.29, 1.82) is 0 Å². The molecule has 3 rings (SSSR count). The topological polar surface area (TPSA) is 26.3 Å². The number of esters is 1. The Kier molecular flexibility index (Phi) is 4.93. The van der Waals surface area contributed by atoms with Gasteiger partial charge in [0.2, 0.25) is 0 Å². The van der Waals surface area contributed by atoms with Crippen molar-refractivity contribution in [3.63, 3.8) is 0 Å². The summed E-state index contributed by atoms with van der Waals surface area (Å²) >= 11 is 0. The van der Waals surface area contributed by atoms with Gasteiger partial charge in [0.15, 0.2) is 5.41 Å². The van der Waals surface area contributed by atoms with Crippen molar-refractivity contribution in [2.24, 2.45) is 40.9 Å². The highest BCUT2D eigenvalue weighted by Crippen LogP contribution is 2.67. The maximum absolute atomic E-state index is 14.2. The fraction of sp³-hybridized carbons (Fsp3) is 0.952. The summed E-state index contributed by atoms with van der Waals surface area (Å²) in [4.78, 5) is 13.0. The molecule has 0 aromatic carbocycles. The number of carbonyl (C=O) groups is 1. The van der Waals surface area contributed by atoms with Gasteiger partial charge in [-0.15, -0.1) is 0 Å². The third-order valence-electron chi connectivity index (χ3n) is 8.21. The second-order valence-corrected chi connectivity index (χ2v) is 9.94. The first-order valence-corrected chi connectivity index (χ1v) is 10.2. The van der Waals surface area contributed by atoms with E-state index in [0.717, 1.165) is 25.7 Å². The van der Waals surface area contributed by atoms with E-state index in [2.05, 4.69) is 6.92 Å². The number of hydrogen-bond acceptors (Lipinski definition) is 2. The summed E-state index contributed by atoms with van der Waals surface area (Å²) in [6, 6.07) is 0. The first-order valence-electron chi connectivity index (χ1n) is 10.2. The van der Waals surface area contributed by atoms with Gasteiger partial charge in [-0.05, 0) is 75.0 Å². The first kappa shape index (κ1) is 20.0. The lowest BCUT2D eigenvalue weighted by molar-refractivity contribution is -0.261. The predicted octanol–water partition coefficient (Wildman–Crippen LogP) is 6.00. The molecule has 0 aromatic rings. The highest BCUT2D eigenvalue weighted by molar-refractivity contribution is 5.79. The van der Waals surface area contributed by atoms with Gasteiger partial charge < -0.3 is 4.74 Å². The van der Waals surface area contributed by atoms with Crippen LogP contribution in [0.3, 0.4) is 0 Å². The minimum absolute atomic E-state index is 0.0252. The van der Waals surface area contributed by atoms with Crippen LogP contribution in [0.25, 0.3) is 0 Å². The number of hydrogen-bond donors (Lipinski definition) is 0. The standard InChI is InChI=1S/C21H33F3O2/c1-12-6-8-16(9-7-12)19(4,5)26-18(25)20(21(22,23)24)11-15-10-17(20)14(3)13(15)2/h12-17H,6-11H2,1-5H3. The quantitative estimate of drug-likeness (QED) is 0.567. The lowest BCUT2D eigenvalue weighted by Crippen LogP contribution is -2.55. The summed E-state index contributed by atoms with van der Waals surface area (Å²) in [6.45, 7) is 9.69. The van der Waals surface area contributed by atoms with Crippen molar-refractivity contribution in [3.8, 4) is 0 Å². The Morgan fingerprint density at radius 1 is 1.00 bits per heavy atom. The van der Waals surface area contributed by atoms with Crippen molar-refractivity contribution < 1.29 is 22.7 Å². The second kappa shape index (κ2) is 6.41. The molecule has 3 fully saturated rings. The molecule has 0 saturated heterocycles. The number of ether oxygens (including phenoxy) is 1. The molecule has 0 aromatic heterocycles. The fourth-order valence-corrected chi connectivity index (χ4v) is 6.08. The van der Waals surface area contributed by atoms with Crippen LogP contribution in [0.4, 0.5) is 13.2 Å². The molecule has 0 N–H and O–H groups in total. The molecule has 5 atom stereocenters. The van der Waals surface area contributed by atoms with Crippen LogP contribution in [0.2, 0.25) is 0 Å². The van der Waals surface area contributed by atoms with Crippen LogP contribution in [0.15, 0.2) is 0 Å². The smallest absolute Gasteiger partial charge is 0.405 e. The Balaban J connectivity index is 1.82. The van der Waals surface area contributed by atoms with Crippen molar-refractivity contribution >= 4 is 5.97 Å². The van der Waals surface area contributed by atoms with Crippen molar-refractivity contribution in [2.75, 3.05) is 0 Å². The average molecular weight is 374 g/mol. The molecule has 0 aliphatic heterocycles. The minimum Gasteiger partial charge on any atom is -0.459 e. The normalized spacial score (nSPS) is 43.5. The summed E-state index contributed by atoms with van der Waals surface area (Å²) in [7, 11) is 0. The van der Waals surface area contributed by atoms with Gasteiger partial charge in [-0.2, -0.15) is 13.2 Å². The van der Waals surface area contributed by atoms with Crippen LogP contribution in [-0.4, -0.2) is 17.7 Å². The molecule has 2 bridgehead atoms. The Bertz CT molecular complexity index is 546. The maximum Gasteiger partial charge on any atom is 0.405 e. The fourth-order valence-electron chi connectivity index (χ4n) is 6.08. The van der Waals surface area contributed by atoms with Crippen molar-refractivity contribution in [2.45, 2.75) is 84.9 Å². The highest BCUT2D eigenvalue weighted by atomic mass is 19.4. The number of fused-ring (bicyclic) bond motifs is 2. The second-order valence-electron chi connectivity index (χ2n) is 9.94. The van der Waals surface area contributed by atoms with Gasteiger partial charge in [0.05, 0.1) is 0 Å². The Labute approximate surface area is 155 Å². The van der Waals surface area contributed by atoms with Gasteiger partial charge >= 0.3 is 12.1 Å². The van der Waals surface area contributed by atoms with Gasteiger partial charge in [-0.3, -0.25) is 4.79 Å². The van der Waals surface area contributed by atoms with Crippen LogP contribution in [-0.2, 0) is 9.53 Å². The molecule has 0 amide bonds. The number of rotatable bonds is 3. The third-order valence-corrected chi connectivity index (χ3v) is 8.21. The molecule has 0 heterocycles. The third kappa shape index (κ3) is 2.97. The minimum atomic E-state index is -4.55. The molecule has 26 heavy (non-hydrogen) atoms. The molecule has 5 heteroatoms. The average Bonchev–Trinajstić information content (AvgIpc) is 3.05. The monoisotopic (exact) mass is 374 g/mol. The Morgan fingerprint density at radius 3 is 2.04 bits per heavy atom. The summed E-state index contributed by atoms with van der Waals surface area (Å²) in [6.07, 6.45) is -0.207. The molecular weight excluding hydrogens is 341 g/mol. The largest absolute Gasteiger partial charge is 0.459 e. The molecule has 0 spiro atoms. The van der Waals surface area contributed by atoms with Crippen molar-refractivity contribution in [3.05, 3.63) is 0 Å². The van der Waals surface area contributed by atoms with E-state index in [-0.39, 0.29) is 30.1 Å². The summed E-state index contributed by atoms with van der Waals surface area (Å²) in [5.74, 6) is -0.743. The van der Waals surface area contributed by atoms with Crippen LogP contribution < -0.4 is 0 Å². The molecule has 5 unspecified atom stereocenters. The van der Waals surface area contributed by atoms with E-state index in [1.54, 1.807) is 13.8 Å². The van der Waals surface area contributed by atoms with Crippen molar-refractivity contribution in [1.82, 2.24) is 0 Å². The van der Waals surface area contributed by atoms with Gasteiger partial charge in [0.1, 0.15) is 5.60 Å². The lowest BCUT2D eigenvalue weighted by Gasteiger charge is -2.45. The van der Waals surface area contributed by atoms with Crippen LogP contribution in [0, 0.1) is 40.9 Å². The van der Waals surface area contributed by atoms with E-state index < -0.39 is 29.1 Å². The van der Waals surface area contributed by atoms with Crippen LogP contribution in [0.5, 0.6) is 0 Å². The SMILES string of the molecule is CC1CCC(C(C)(C)OC(=O)C2(C(F)(F)F)CC3CC2C(C)C3C)CC1. The van der Waals surface area contributed by atoms with Crippen LogP contribution in [0.1, 0.15) is 73.1 Å². The number of carbonyl (C=O) groups excluding carboxylic acids is 1. The zero-order chi connectivity index (χ0) is 19.5. The molecule has 3 saturated carbocycles. The van der Waals surface area contributed by atoms with E-state index in [0.29, 0.717) is 12.3 Å². The zero-order valence-electron chi connectivity index (χ0n) is 16.7. The molecule has 0 radical (unpaired) electrons. The number of halogens is 3. The highest BCUT2D eigenvalue weighted by Gasteiger charge is 2.73. The van der Waals surface area contributed by atoms with Gasteiger partial charge in [-0.1, -0.05) is 33.6 Å². The first-order chi connectivity index (χ1) is 11.9. The number of alkyl halides is 3. The molecule has 3 aliphatic rings. The predicted molar refractivity (Wildman–Crippen MR) is 94.3 cm³/mol. The van der Waals surface area contributed by atoms with Gasteiger partial charge in [-0.25, -0.2) is 0 Å². The zero-order valence-corrected chi connectivity index (χ0v) is 16.7. The Hall–Kier alpha value is -0.740. The Morgan fingerprint density at radius 2 is 1.58 bits per heavy atom. The van der Waals surface area contributed by atoms with E-state index in [1.807, 2.05) is 13.8 Å². The lowest BCUT2D eigenvalue weighted by atomic mass is 9.65. The van der Waals surface area contributed by atoms with E-state index >= 15 is 0 Å². The molecule has 150 valence electrons. The van der Waals surface area contributed by atoms with E-state index in [9.17, 15) is 18.0 Å². The maximum atomic E-state index is 14.2. The van der Waals surface area contributed by atoms with E-state index in [1.165, 1.54) is 0 Å². The van der Waals surface area contributed by atoms with Gasteiger partial charge in [0, 0.05) is 0 Å². The van der Waals surface area contributed by atoms with Crippen LogP contribution >= 0.6 is 0 Å². The molecule has 2 nitrogen and oxygen atoms in total. The van der Waals surface area contributed by atoms with Gasteiger partial charge in [0.25, 0.3) is 0 Å². The summed E-state index contributed by atoms with van der Waals surface area (Å²) in [5, 5.41) is 0. The summed E-state index contributed by atoms with van der Waals surface area (Å²) in [5.41, 5.74) is -3.14. The van der Waals surface area contributed by atoms with E-state index in [4.69, 9.17) is 4.74 Å². The summed E-state index contributed by atoms with van der Waals surface area (Å²) < 4.78 is 48.3. The molecule has 3 aliphatic carbocycles. The molecular formula is C21H33F3O2.